The molecule has 1 aliphatic rings. The van der Waals surface area contributed by atoms with Crippen LogP contribution in [0.25, 0.3) is 0 Å². The van der Waals surface area contributed by atoms with E-state index in [1.54, 1.807) is 36.1 Å². The number of amides is 1. The minimum absolute atomic E-state index is 0.0404. The first kappa shape index (κ1) is 19.8. The minimum atomic E-state index is -3.40. The molecule has 1 amide bonds. The van der Waals surface area contributed by atoms with Crippen molar-refractivity contribution in [2.24, 2.45) is 0 Å². The number of nitrogens with zero attached hydrogens (tertiary/aromatic N) is 3. The van der Waals surface area contributed by atoms with E-state index in [-0.39, 0.29) is 16.5 Å². The van der Waals surface area contributed by atoms with Crippen LogP contribution in [0.1, 0.15) is 15.9 Å². The molecule has 1 saturated heterocycles. The van der Waals surface area contributed by atoms with E-state index in [0.29, 0.717) is 37.3 Å². The Morgan fingerprint density at radius 2 is 1.64 bits per heavy atom. The first-order valence-electron chi connectivity index (χ1n) is 8.76. The second-order valence-electron chi connectivity index (χ2n) is 6.81. The normalized spacial score (nSPS) is 14.8. The van der Waals surface area contributed by atoms with Crippen molar-refractivity contribution in [1.82, 2.24) is 4.90 Å². The number of nitro groups is 1. The molecule has 0 radical (unpaired) electrons. The third-order valence-electron chi connectivity index (χ3n) is 4.83. The summed E-state index contributed by atoms with van der Waals surface area (Å²) in [5, 5.41) is 10.8. The number of carbonyl (C=O) groups is 1. The number of hydrogen-bond acceptors (Lipinski definition) is 6. The fraction of sp³-hybridized carbons (Fsp3) is 0.316. The van der Waals surface area contributed by atoms with Gasteiger partial charge in [-0.2, -0.15) is 0 Å². The lowest BCUT2D eigenvalue weighted by Gasteiger charge is -2.36. The molecule has 0 aliphatic carbocycles. The maximum absolute atomic E-state index is 12.8. The van der Waals surface area contributed by atoms with E-state index >= 15 is 0 Å². The lowest BCUT2D eigenvalue weighted by Crippen LogP contribution is -2.48. The Kier molecular flexibility index (Phi) is 5.37. The Morgan fingerprint density at radius 3 is 2.18 bits per heavy atom. The highest BCUT2D eigenvalue weighted by atomic mass is 32.2. The molecule has 2 aromatic carbocycles. The molecule has 8 nitrogen and oxygen atoms in total. The number of sulfone groups is 1. The van der Waals surface area contributed by atoms with Crippen molar-refractivity contribution in [1.29, 1.82) is 0 Å². The Labute approximate surface area is 163 Å². The van der Waals surface area contributed by atoms with Crippen LogP contribution >= 0.6 is 0 Å². The zero-order valence-corrected chi connectivity index (χ0v) is 16.5. The molecule has 3 rings (SSSR count). The molecule has 0 N–H and O–H groups in total. The average Bonchev–Trinajstić information content (AvgIpc) is 2.67. The van der Waals surface area contributed by atoms with Gasteiger partial charge in [-0.3, -0.25) is 14.9 Å². The summed E-state index contributed by atoms with van der Waals surface area (Å²) in [6, 6.07) is 11.1. The Balaban J connectivity index is 1.69. The number of rotatable bonds is 4. The van der Waals surface area contributed by atoms with E-state index < -0.39 is 14.8 Å². The number of piperazine rings is 1. The lowest BCUT2D eigenvalue weighted by atomic mass is 10.1. The number of hydrogen-bond donors (Lipinski definition) is 0. The topological polar surface area (TPSA) is 101 Å². The van der Waals surface area contributed by atoms with Crippen LogP contribution in [0.4, 0.5) is 11.4 Å². The highest BCUT2D eigenvalue weighted by Gasteiger charge is 2.24. The van der Waals surface area contributed by atoms with Crippen LogP contribution < -0.4 is 4.90 Å². The third kappa shape index (κ3) is 4.14. The first-order chi connectivity index (χ1) is 13.2. The highest BCUT2D eigenvalue weighted by Crippen LogP contribution is 2.22. The van der Waals surface area contributed by atoms with Gasteiger partial charge in [-0.25, -0.2) is 8.42 Å². The predicted octanol–water partition coefficient (Wildman–Crippen LogP) is 2.27. The van der Waals surface area contributed by atoms with Crippen LogP contribution in [-0.2, 0) is 9.84 Å². The molecule has 0 spiro atoms. The van der Waals surface area contributed by atoms with Gasteiger partial charge in [0.25, 0.3) is 11.6 Å². The molecular formula is C19H21N3O5S. The van der Waals surface area contributed by atoms with Crippen LogP contribution in [0.3, 0.4) is 0 Å². The molecule has 148 valence electrons. The summed E-state index contributed by atoms with van der Waals surface area (Å²) in [5.74, 6) is -0.201. The molecule has 9 heteroatoms. The molecule has 1 heterocycles. The number of nitro benzene ring substituents is 1. The zero-order chi connectivity index (χ0) is 20.5. The van der Waals surface area contributed by atoms with Crippen molar-refractivity contribution < 1.29 is 18.1 Å². The highest BCUT2D eigenvalue weighted by molar-refractivity contribution is 7.90. The Hall–Kier alpha value is -2.94. The molecule has 0 saturated carbocycles. The summed E-state index contributed by atoms with van der Waals surface area (Å²) in [7, 11) is -3.40. The largest absolute Gasteiger partial charge is 0.368 e. The maximum Gasteiger partial charge on any atom is 0.269 e. The number of anilines is 1. The average molecular weight is 403 g/mol. The number of benzene rings is 2. The second-order valence-corrected chi connectivity index (χ2v) is 8.79. The quantitative estimate of drug-likeness (QED) is 0.573. The van der Waals surface area contributed by atoms with E-state index in [0.717, 1.165) is 11.9 Å². The smallest absolute Gasteiger partial charge is 0.269 e. The minimum Gasteiger partial charge on any atom is -0.368 e. The molecule has 1 fully saturated rings. The van der Waals surface area contributed by atoms with Gasteiger partial charge in [0.1, 0.15) is 0 Å². The van der Waals surface area contributed by atoms with Gasteiger partial charge in [0.2, 0.25) is 0 Å². The van der Waals surface area contributed by atoms with Gasteiger partial charge < -0.3 is 9.80 Å². The van der Waals surface area contributed by atoms with Crippen molar-refractivity contribution in [3.05, 3.63) is 63.7 Å². The molecule has 28 heavy (non-hydrogen) atoms. The van der Waals surface area contributed by atoms with Gasteiger partial charge in [-0.05, 0) is 36.8 Å². The molecule has 0 aromatic heterocycles. The van der Waals surface area contributed by atoms with Crippen LogP contribution in [0.5, 0.6) is 0 Å². The standard InChI is InChI=1S/C19H21N3O5S/c1-14-3-4-15(13-18(14)28(2,26)27)19(23)21-11-9-20(10-12-21)16-5-7-17(8-6-16)22(24)25/h3-8,13H,9-12H2,1-2H3. The maximum atomic E-state index is 12.8. The summed E-state index contributed by atoms with van der Waals surface area (Å²) in [6.07, 6.45) is 1.13. The van der Waals surface area contributed by atoms with E-state index in [2.05, 4.69) is 4.90 Å². The Bertz CT molecular complexity index is 1010. The molecule has 2 aromatic rings. The molecule has 0 bridgehead atoms. The summed E-state index contributed by atoms with van der Waals surface area (Å²) >= 11 is 0. The Morgan fingerprint density at radius 1 is 1.04 bits per heavy atom. The molecule has 0 atom stereocenters. The van der Waals surface area contributed by atoms with Gasteiger partial charge in [0, 0.05) is 55.8 Å². The summed E-state index contributed by atoms with van der Waals surface area (Å²) in [5.41, 5.74) is 1.88. The zero-order valence-electron chi connectivity index (χ0n) is 15.7. The van der Waals surface area contributed by atoms with E-state index in [1.165, 1.54) is 18.2 Å². The molecule has 0 unspecified atom stereocenters. The number of carbonyl (C=O) groups excluding carboxylic acids is 1. The van der Waals surface area contributed by atoms with Gasteiger partial charge in [-0.15, -0.1) is 0 Å². The number of aryl methyl sites for hydroxylation is 1. The van der Waals surface area contributed by atoms with Crippen molar-refractivity contribution in [3.63, 3.8) is 0 Å². The SMILES string of the molecule is Cc1ccc(C(=O)N2CCN(c3ccc([N+](=O)[O-])cc3)CC2)cc1S(C)(=O)=O. The van der Waals surface area contributed by atoms with E-state index in [4.69, 9.17) is 0 Å². The van der Waals surface area contributed by atoms with Gasteiger partial charge in [0.05, 0.1) is 9.82 Å². The third-order valence-corrected chi connectivity index (χ3v) is 6.07. The predicted molar refractivity (Wildman–Crippen MR) is 106 cm³/mol. The summed E-state index contributed by atoms with van der Waals surface area (Å²) in [6.45, 7) is 3.85. The van der Waals surface area contributed by atoms with Crippen LogP contribution in [0.15, 0.2) is 47.4 Å². The monoisotopic (exact) mass is 403 g/mol. The van der Waals surface area contributed by atoms with Crippen molar-refractivity contribution >= 4 is 27.1 Å². The number of non-ortho nitro benzene ring substituents is 1. The molecular weight excluding hydrogens is 382 g/mol. The van der Waals surface area contributed by atoms with Crippen molar-refractivity contribution in [2.45, 2.75) is 11.8 Å². The molecule has 1 aliphatic heterocycles. The van der Waals surface area contributed by atoms with Crippen molar-refractivity contribution in [3.8, 4) is 0 Å². The second kappa shape index (κ2) is 7.59. The fourth-order valence-corrected chi connectivity index (χ4v) is 4.26. The summed E-state index contributed by atoms with van der Waals surface area (Å²) in [4.78, 5) is 27.0. The fourth-order valence-electron chi connectivity index (χ4n) is 3.27. The van der Waals surface area contributed by atoms with Crippen LogP contribution in [0.2, 0.25) is 0 Å². The first-order valence-corrected chi connectivity index (χ1v) is 10.7. The van der Waals surface area contributed by atoms with Gasteiger partial charge in [0.15, 0.2) is 9.84 Å². The lowest BCUT2D eigenvalue weighted by molar-refractivity contribution is -0.384. The van der Waals surface area contributed by atoms with E-state index in [1.807, 2.05) is 0 Å². The van der Waals surface area contributed by atoms with Crippen LogP contribution in [-0.4, -0.2) is 56.6 Å². The van der Waals surface area contributed by atoms with Crippen LogP contribution in [0, 0.1) is 17.0 Å². The van der Waals surface area contributed by atoms with Crippen molar-refractivity contribution in [2.75, 3.05) is 37.3 Å². The summed E-state index contributed by atoms with van der Waals surface area (Å²) < 4.78 is 23.8. The van der Waals surface area contributed by atoms with Gasteiger partial charge >= 0.3 is 0 Å². The van der Waals surface area contributed by atoms with E-state index in [9.17, 15) is 23.3 Å². The van der Waals surface area contributed by atoms with Gasteiger partial charge in [-0.1, -0.05) is 6.07 Å².